The highest BCUT2D eigenvalue weighted by atomic mass is 32.2. The Morgan fingerprint density at radius 2 is 2.05 bits per heavy atom. The summed E-state index contributed by atoms with van der Waals surface area (Å²) >= 11 is 0. The van der Waals surface area contributed by atoms with Crippen LogP contribution < -0.4 is 5.14 Å². The SMILES string of the molecule is COCCN(C(=O)c1ccccc1S(N)(=O)=O)C1CC1. The molecule has 6 nitrogen and oxygen atoms in total. The van der Waals surface area contributed by atoms with Crippen LogP contribution >= 0.6 is 0 Å². The van der Waals surface area contributed by atoms with Crippen LogP contribution in [0.4, 0.5) is 0 Å². The molecule has 1 aliphatic rings. The number of benzene rings is 1. The molecule has 1 aromatic carbocycles. The highest BCUT2D eigenvalue weighted by molar-refractivity contribution is 7.89. The van der Waals surface area contributed by atoms with Crippen LogP contribution in [-0.4, -0.2) is 45.5 Å². The van der Waals surface area contributed by atoms with Crippen molar-refractivity contribution in [3.63, 3.8) is 0 Å². The second-order valence-corrected chi connectivity index (χ2v) is 6.29. The van der Waals surface area contributed by atoms with Crippen molar-refractivity contribution in [1.82, 2.24) is 4.90 Å². The third kappa shape index (κ3) is 3.36. The quantitative estimate of drug-likeness (QED) is 0.832. The number of primary sulfonamides is 1. The van der Waals surface area contributed by atoms with Gasteiger partial charge in [-0.1, -0.05) is 12.1 Å². The summed E-state index contributed by atoms with van der Waals surface area (Å²) in [6.07, 6.45) is 1.87. The van der Waals surface area contributed by atoms with E-state index in [1.54, 1.807) is 24.1 Å². The summed E-state index contributed by atoms with van der Waals surface area (Å²) in [5, 5.41) is 5.16. The number of amides is 1. The summed E-state index contributed by atoms with van der Waals surface area (Å²) < 4.78 is 28.1. The summed E-state index contributed by atoms with van der Waals surface area (Å²) in [5.41, 5.74) is 0.123. The topological polar surface area (TPSA) is 89.7 Å². The minimum atomic E-state index is -3.92. The Bertz CT molecular complexity index is 596. The van der Waals surface area contributed by atoms with Crippen molar-refractivity contribution in [2.45, 2.75) is 23.8 Å². The van der Waals surface area contributed by atoms with Crippen molar-refractivity contribution < 1.29 is 17.9 Å². The maximum atomic E-state index is 12.6. The number of carbonyl (C=O) groups is 1. The molecule has 0 radical (unpaired) electrons. The van der Waals surface area contributed by atoms with Gasteiger partial charge in [-0.05, 0) is 25.0 Å². The fraction of sp³-hybridized carbons (Fsp3) is 0.462. The molecule has 0 aromatic heterocycles. The molecule has 0 heterocycles. The van der Waals surface area contributed by atoms with Gasteiger partial charge in [0.1, 0.15) is 0 Å². The van der Waals surface area contributed by atoms with Crippen molar-refractivity contribution in [3.8, 4) is 0 Å². The molecule has 1 saturated carbocycles. The van der Waals surface area contributed by atoms with Crippen molar-refractivity contribution in [2.24, 2.45) is 5.14 Å². The molecule has 7 heteroatoms. The van der Waals surface area contributed by atoms with E-state index in [1.807, 2.05) is 0 Å². The van der Waals surface area contributed by atoms with Gasteiger partial charge in [0.2, 0.25) is 10.0 Å². The van der Waals surface area contributed by atoms with E-state index in [0.29, 0.717) is 13.2 Å². The van der Waals surface area contributed by atoms with Crippen molar-refractivity contribution in [1.29, 1.82) is 0 Å². The minimum absolute atomic E-state index is 0.123. The lowest BCUT2D eigenvalue weighted by molar-refractivity contribution is 0.0676. The van der Waals surface area contributed by atoms with E-state index in [0.717, 1.165) is 12.8 Å². The Balaban J connectivity index is 2.32. The fourth-order valence-electron chi connectivity index (χ4n) is 2.07. The van der Waals surface area contributed by atoms with Crippen molar-refractivity contribution in [3.05, 3.63) is 29.8 Å². The molecule has 0 saturated heterocycles. The maximum absolute atomic E-state index is 12.6. The molecule has 1 fully saturated rings. The molecule has 20 heavy (non-hydrogen) atoms. The normalized spacial score (nSPS) is 15.1. The van der Waals surface area contributed by atoms with E-state index in [4.69, 9.17) is 9.88 Å². The first kappa shape index (κ1) is 15.0. The molecule has 1 aromatic rings. The zero-order valence-corrected chi connectivity index (χ0v) is 12.1. The number of nitrogens with two attached hydrogens (primary N) is 1. The van der Waals surface area contributed by atoms with Gasteiger partial charge in [0.25, 0.3) is 5.91 Å². The zero-order chi connectivity index (χ0) is 14.8. The average Bonchev–Trinajstić information content (AvgIpc) is 3.22. The van der Waals surface area contributed by atoms with Crippen LogP contribution in [0, 0.1) is 0 Å². The van der Waals surface area contributed by atoms with Crippen LogP contribution in [0.2, 0.25) is 0 Å². The van der Waals surface area contributed by atoms with Gasteiger partial charge in [-0.3, -0.25) is 4.79 Å². The summed E-state index contributed by atoms with van der Waals surface area (Å²) in [6.45, 7) is 0.860. The molecule has 0 bridgehead atoms. The zero-order valence-electron chi connectivity index (χ0n) is 11.3. The van der Waals surface area contributed by atoms with E-state index in [2.05, 4.69) is 0 Å². The molecule has 1 amide bonds. The van der Waals surface area contributed by atoms with Crippen LogP contribution in [0.5, 0.6) is 0 Å². The number of rotatable bonds is 6. The molecule has 0 spiro atoms. The van der Waals surface area contributed by atoms with Gasteiger partial charge in [0.05, 0.1) is 17.1 Å². The van der Waals surface area contributed by atoms with E-state index in [-0.39, 0.29) is 22.4 Å². The molecule has 0 atom stereocenters. The second kappa shape index (κ2) is 5.90. The lowest BCUT2D eigenvalue weighted by atomic mass is 10.2. The number of methoxy groups -OCH3 is 1. The predicted octanol–water partition coefficient (Wildman–Crippen LogP) is 0.585. The van der Waals surface area contributed by atoms with Crippen LogP contribution in [0.15, 0.2) is 29.2 Å². The summed E-state index contributed by atoms with van der Waals surface area (Å²) in [4.78, 5) is 14.1. The van der Waals surface area contributed by atoms with Gasteiger partial charge >= 0.3 is 0 Å². The van der Waals surface area contributed by atoms with Crippen molar-refractivity contribution >= 4 is 15.9 Å². The van der Waals surface area contributed by atoms with Gasteiger partial charge in [-0.15, -0.1) is 0 Å². The fourth-order valence-corrected chi connectivity index (χ4v) is 2.80. The third-order valence-corrected chi connectivity index (χ3v) is 4.18. The Morgan fingerprint density at radius 3 is 2.60 bits per heavy atom. The predicted molar refractivity (Wildman–Crippen MR) is 73.7 cm³/mol. The lowest BCUT2D eigenvalue weighted by Crippen LogP contribution is -2.36. The molecule has 110 valence electrons. The first-order valence-electron chi connectivity index (χ1n) is 6.37. The van der Waals surface area contributed by atoms with E-state index >= 15 is 0 Å². The van der Waals surface area contributed by atoms with Crippen molar-refractivity contribution in [2.75, 3.05) is 20.3 Å². The van der Waals surface area contributed by atoms with E-state index in [1.165, 1.54) is 12.1 Å². The monoisotopic (exact) mass is 298 g/mol. The molecule has 1 aliphatic carbocycles. The highest BCUT2D eigenvalue weighted by Gasteiger charge is 2.34. The Hall–Kier alpha value is -1.44. The Labute approximate surface area is 118 Å². The van der Waals surface area contributed by atoms with E-state index in [9.17, 15) is 13.2 Å². The second-order valence-electron chi connectivity index (χ2n) is 4.76. The lowest BCUT2D eigenvalue weighted by Gasteiger charge is -2.23. The Morgan fingerprint density at radius 1 is 1.40 bits per heavy atom. The molecule has 0 unspecified atom stereocenters. The van der Waals surface area contributed by atoms with Crippen LogP contribution in [-0.2, 0) is 14.8 Å². The Kier molecular flexibility index (Phi) is 4.42. The number of hydrogen-bond donors (Lipinski definition) is 1. The molecular weight excluding hydrogens is 280 g/mol. The molecule has 0 aliphatic heterocycles. The van der Waals surface area contributed by atoms with Crippen LogP contribution in [0.3, 0.4) is 0 Å². The van der Waals surface area contributed by atoms with Crippen LogP contribution in [0.1, 0.15) is 23.2 Å². The molecule has 2 rings (SSSR count). The number of carbonyl (C=O) groups excluding carboxylic acids is 1. The highest BCUT2D eigenvalue weighted by Crippen LogP contribution is 2.29. The van der Waals surface area contributed by atoms with E-state index < -0.39 is 10.0 Å². The van der Waals surface area contributed by atoms with Gasteiger partial charge in [-0.2, -0.15) is 0 Å². The summed E-state index contributed by atoms with van der Waals surface area (Å²) in [6, 6.07) is 6.19. The average molecular weight is 298 g/mol. The first-order chi connectivity index (χ1) is 9.45. The number of sulfonamides is 1. The van der Waals surface area contributed by atoms with Gasteiger partial charge < -0.3 is 9.64 Å². The molecular formula is C13H18N2O4S. The number of nitrogens with zero attached hydrogens (tertiary/aromatic N) is 1. The standard InChI is InChI=1S/C13H18N2O4S/c1-19-9-8-15(10-6-7-10)13(16)11-4-2-3-5-12(11)20(14,17)18/h2-5,10H,6-9H2,1H3,(H2,14,17,18). The third-order valence-electron chi connectivity index (χ3n) is 3.21. The number of ether oxygens (including phenoxy) is 1. The maximum Gasteiger partial charge on any atom is 0.255 e. The minimum Gasteiger partial charge on any atom is -0.383 e. The smallest absolute Gasteiger partial charge is 0.255 e. The largest absolute Gasteiger partial charge is 0.383 e. The molecule has 2 N–H and O–H groups in total. The summed E-state index contributed by atoms with van der Waals surface area (Å²) in [5.74, 6) is -0.311. The van der Waals surface area contributed by atoms with Gasteiger partial charge in [0, 0.05) is 19.7 Å². The van der Waals surface area contributed by atoms with Gasteiger partial charge in [-0.25, -0.2) is 13.6 Å². The van der Waals surface area contributed by atoms with Crippen LogP contribution in [0.25, 0.3) is 0 Å². The first-order valence-corrected chi connectivity index (χ1v) is 7.91. The van der Waals surface area contributed by atoms with Gasteiger partial charge in [0.15, 0.2) is 0 Å². The number of hydrogen-bond acceptors (Lipinski definition) is 4. The summed E-state index contributed by atoms with van der Waals surface area (Å²) in [7, 11) is -2.35.